The molecule has 23 heavy (non-hydrogen) atoms. The van der Waals surface area contributed by atoms with Crippen molar-refractivity contribution in [2.75, 3.05) is 33.7 Å². The highest BCUT2D eigenvalue weighted by Gasteiger charge is 2.23. The van der Waals surface area contributed by atoms with Gasteiger partial charge in [-0.25, -0.2) is 0 Å². The molecule has 0 saturated heterocycles. The van der Waals surface area contributed by atoms with Crippen molar-refractivity contribution in [3.05, 3.63) is 38.9 Å². The van der Waals surface area contributed by atoms with E-state index < -0.39 is 16.5 Å². The highest BCUT2D eigenvalue weighted by molar-refractivity contribution is 6.34. The number of carbonyl (C=O) groups is 2. The van der Waals surface area contributed by atoms with E-state index in [1.54, 1.807) is 14.1 Å². The fraction of sp³-hybridized carbons (Fsp3) is 0.385. The molecule has 128 valence electrons. The van der Waals surface area contributed by atoms with Gasteiger partial charge in [0.25, 0.3) is 11.6 Å². The zero-order valence-electron chi connectivity index (χ0n) is 12.7. The van der Waals surface area contributed by atoms with Crippen molar-refractivity contribution >= 4 is 41.5 Å². The van der Waals surface area contributed by atoms with Crippen LogP contribution < -0.4 is 10.6 Å². The fourth-order valence-electron chi connectivity index (χ4n) is 1.67. The van der Waals surface area contributed by atoms with E-state index in [0.717, 1.165) is 0 Å². The van der Waals surface area contributed by atoms with Crippen molar-refractivity contribution in [1.29, 1.82) is 0 Å². The first-order valence-corrected chi connectivity index (χ1v) is 6.86. The van der Waals surface area contributed by atoms with Crippen molar-refractivity contribution in [3.63, 3.8) is 0 Å². The molecule has 2 amide bonds. The van der Waals surface area contributed by atoms with E-state index in [-0.39, 0.29) is 35.4 Å². The van der Waals surface area contributed by atoms with Crippen molar-refractivity contribution in [3.8, 4) is 0 Å². The van der Waals surface area contributed by atoms with Crippen molar-refractivity contribution in [2.24, 2.45) is 0 Å². The summed E-state index contributed by atoms with van der Waals surface area (Å²) in [7, 11) is 3.36. The molecule has 0 radical (unpaired) electrons. The van der Waals surface area contributed by atoms with Gasteiger partial charge in [0.2, 0.25) is 5.91 Å². The lowest BCUT2D eigenvalue weighted by atomic mass is 10.1. The average Bonchev–Trinajstić information content (AvgIpc) is 2.49. The van der Waals surface area contributed by atoms with Crippen LogP contribution in [0, 0.1) is 10.1 Å². The molecule has 2 N–H and O–H groups in total. The van der Waals surface area contributed by atoms with Gasteiger partial charge in [0.1, 0.15) is 5.56 Å². The Morgan fingerprint density at radius 1 is 1.39 bits per heavy atom. The number of halogens is 2. The monoisotopic (exact) mass is 364 g/mol. The van der Waals surface area contributed by atoms with Crippen molar-refractivity contribution in [2.45, 2.75) is 0 Å². The lowest BCUT2D eigenvalue weighted by molar-refractivity contribution is -0.385. The first-order valence-electron chi connectivity index (χ1n) is 6.48. The minimum absolute atomic E-state index is 0. The molecule has 0 aromatic heterocycles. The van der Waals surface area contributed by atoms with Gasteiger partial charge in [-0.05, 0) is 13.1 Å². The van der Waals surface area contributed by atoms with Gasteiger partial charge < -0.3 is 15.5 Å². The Bertz CT molecular complexity index is 583. The molecule has 10 heteroatoms. The lowest BCUT2D eigenvalue weighted by Crippen LogP contribution is -2.40. The number of carbonyl (C=O) groups excluding carboxylic acids is 2. The zero-order chi connectivity index (χ0) is 16.7. The third kappa shape index (κ3) is 6.01. The number of rotatable bonds is 7. The maximum atomic E-state index is 12.0. The maximum Gasteiger partial charge on any atom is 0.283 e. The van der Waals surface area contributed by atoms with Crippen LogP contribution >= 0.6 is 24.0 Å². The summed E-state index contributed by atoms with van der Waals surface area (Å²) >= 11 is 5.85. The number of hydrogen-bond acceptors (Lipinski definition) is 5. The van der Waals surface area contributed by atoms with Gasteiger partial charge in [-0.2, -0.15) is 0 Å². The average molecular weight is 365 g/mol. The molecule has 0 heterocycles. The molecule has 1 rings (SSSR count). The summed E-state index contributed by atoms with van der Waals surface area (Å²) in [5.41, 5.74) is -0.652. The number of nitro benzene ring substituents is 1. The summed E-state index contributed by atoms with van der Waals surface area (Å²) in [5, 5.41) is 16.1. The topological polar surface area (TPSA) is 105 Å². The Hall–Kier alpha value is -1.90. The van der Waals surface area contributed by atoms with E-state index in [9.17, 15) is 19.7 Å². The van der Waals surface area contributed by atoms with Crippen LogP contribution in [0.1, 0.15) is 10.4 Å². The number of benzene rings is 1. The van der Waals surface area contributed by atoms with Crippen LogP contribution in [-0.4, -0.2) is 55.4 Å². The van der Waals surface area contributed by atoms with Gasteiger partial charge in [0, 0.05) is 26.2 Å². The molecule has 0 saturated carbocycles. The number of nitrogens with one attached hydrogen (secondary N) is 2. The molecule has 0 atom stereocenters. The Balaban J connectivity index is 0.00000484. The molecule has 0 fully saturated rings. The molecule has 1 aromatic rings. The van der Waals surface area contributed by atoms with Gasteiger partial charge in [-0.15, -0.1) is 12.4 Å². The molecule has 1 aromatic carbocycles. The summed E-state index contributed by atoms with van der Waals surface area (Å²) in [6, 6.07) is 3.94. The van der Waals surface area contributed by atoms with Crippen molar-refractivity contribution in [1.82, 2.24) is 15.5 Å². The highest BCUT2D eigenvalue weighted by Crippen LogP contribution is 2.25. The Morgan fingerprint density at radius 2 is 2.04 bits per heavy atom. The third-order valence-electron chi connectivity index (χ3n) is 2.94. The maximum absolute atomic E-state index is 12.0. The van der Waals surface area contributed by atoms with Gasteiger partial charge in [0.05, 0.1) is 16.5 Å². The summed E-state index contributed by atoms with van der Waals surface area (Å²) < 4.78 is 0. The van der Waals surface area contributed by atoms with E-state index in [0.29, 0.717) is 13.1 Å². The summed E-state index contributed by atoms with van der Waals surface area (Å²) in [6.07, 6.45) is 0. The Morgan fingerprint density at radius 3 is 2.61 bits per heavy atom. The molecule has 0 spiro atoms. The van der Waals surface area contributed by atoms with Crippen LogP contribution in [0.2, 0.25) is 5.02 Å². The minimum Gasteiger partial charge on any atom is -0.343 e. The molecule has 0 aliphatic heterocycles. The lowest BCUT2D eigenvalue weighted by Gasteiger charge is -2.17. The molecule has 0 bridgehead atoms. The van der Waals surface area contributed by atoms with E-state index in [1.807, 2.05) is 0 Å². The normalized spacial score (nSPS) is 9.70. The van der Waals surface area contributed by atoms with Crippen molar-refractivity contribution < 1.29 is 14.5 Å². The molecule has 0 aliphatic carbocycles. The Labute approximate surface area is 144 Å². The van der Waals surface area contributed by atoms with E-state index >= 15 is 0 Å². The summed E-state index contributed by atoms with van der Waals surface area (Å²) in [5.74, 6) is -1.06. The largest absolute Gasteiger partial charge is 0.343 e. The molecular weight excluding hydrogens is 347 g/mol. The molecule has 8 nitrogen and oxygen atoms in total. The van der Waals surface area contributed by atoms with Gasteiger partial charge in [0.15, 0.2) is 0 Å². The fourth-order valence-corrected chi connectivity index (χ4v) is 1.93. The summed E-state index contributed by atoms with van der Waals surface area (Å²) in [6.45, 7) is 0.838. The quantitative estimate of drug-likeness (QED) is 0.556. The van der Waals surface area contributed by atoms with Crippen LogP contribution in [0.25, 0.3) is 0 Å². The van der Waals surface area contributed by atoms with Gasteiger partial charge >= 0.3 is 0 Å². The minimum atomic E-state index is -0.757. The van der Waals surface area contributed by atoms with Gasteiger partial charge in [-0.1, -0.05) is 17.7 Å². The molecular formula is C13H18Cl2N4O4. The number of hydrogen-bond donors (Lipinski definition) is 2. The van der Waals surface area contributed by atoms with E-state index in [1.165, 1.54) is 23.1 Å². The molecule has 0 unspecified atom stereocenters. The van der Waals surface area contributed by atoms with Crippen LogP contribution in [0.3, 0.4) is 0 Å². The number of nitro groups is 1. The molecule has 0 aliphatic rings. The zero-order valence-corrected chi connectivity index (χ0v) is 14.2. The van der Waals surface area contributed by atoms with Crippen LogP contribution in [0.4, 0.5) is 5.69 Å². The van der Waals surface area contributed by atoms with Crippen LogP contribution in [-0.2, 0) is 4.79 Å². The second-order valence-electron chi connectivity index (χ2n) is 4.49. The Kier molecular flexibility index (Phi) is 9.16. The third-order valence-corrected chi connectivity index (χ3v) is 3.25. The first-order chi connectivity index (χ1) is 10.4. The number of nitrogens with zero attached hydrogens (tertiary/aromatic N) is 2. The predicted molar refractivity (Wildman–Crippen MR) is 89.3 cm³/mol. The SMILES string of the molecule is CNCCN(C)C(=O)CNC(=O)c1c(Cl)cccc1[N+](=O)[O-].Cl. The van der Waals surface area contributed by atoms with Crippen LogP contribution in [0.15, 0.2) is 18.2 Å². The smallest absolute Gasteiger partial charge is 0.283 e. The first kappa shape index (κ1) is 21.1. The summed E-state index contributed by atoms with van der Waals surface area (Å²) in [4.78, 5) is 35.5. The second-order valence-corrected chi connectivity index (χ2v) is 4.90. The second kappa shape index (κ2) is 9.98. The van der Waals surface area contributed by atoms with E-state index in [2.05, 4.69) is 10.6 Å². The van der Waals surface area contributed by atoms with E-state index in [4.69, 9.17) is 11.6 Å². The predicted octanol–water partition coefficient (Wildman–Crippen LogP) is 1.08. The highest BCUT2D eigenvalue weighted by atomic mass is 35.5. The number of amides is 2. The van der Waals surface area contributed by atoms with Gasteiger partial charge in [-0.3, -0.25) is 19.7 Å². The number of likely N-dealkylation sites (N-methyl/N-ethyl adjacent to an activating group) is 2. The van der Waals surface area contributed by atoms with Crippen LogP contribution in [0.5, 0.6) is 0 Å². The standard InChI is InChI=1S/C13H17ClN4O4.ClH/c1-15-6-7-17(2)11(19)8-16-13(20)12-9(14)4-3-5-10(12)18(21)22;/h3-5,15H,6-8H2,1-2H3,(H,16,20);1H.